The van der Waals surface area contributed by atoms with Crippen LogP contribution < -0.4 is 9.80 Å². The molecule has 1 amide bonds. The van der Waals surface area contributed by atoms with Gasteiger partial charge in [-0.2, -0.15) is 5.10 Å². The van der Waals surface area contributed by atoms with Gasteiger partial charge in [0.2, 0.25) is 5.89 Å². The zero-order chi connectivity index (χ0) is 32.5. The average molecular weight is 622 g/mol. The molecule has 0 N–H and O–H groups in total. The monoisotopic (exact) mass is 621 g/mol. The predicted molar refractivity (Wildman–Crippen MR) is 191 cm³/mol. The van der Waals surface area contributed by atoms with Gasteiger partial charge in [0, 0.05) is 62.2 Å². The van der Waals surface area contributed by atoms with Gasteiger partial charge in [0.05, 0.1) is 18.0 Å². The third-order valence-corrected chi connectivity index (χ3v) is 9.15. The normalized spacial score (nSPS) is 18.2. The topological polar surface area (TPSA) is 65.2 Å². The zero-order valence-corrected chi connectivity index (χ0v) is 27.3. The zero-order valence-electron chi connectivity index (χ0n) is 27.3. The second-order valence-corrected chi connectivity index (χ2v) is 12.7. The summed E-state index contributed by atoms with van der Waals surface area (Å²) in [7, 11) is 8.17. The maximum atomic E-state index is 14.3. The van der Waals surface area contributed by atoms with Crippen LogP contribution >= 0.6 is 0 Å². The van der Waals surface area contributed by atoms with Gasteiger partial charge in [0.15, 0.2) is 5.76 Å². The number of allylic oxidation sites excluding steroid dienone is 1. The number of rotatable bonds is 7. The Morgan fingerprint density at radius 3 is 2.13 bits per heavy atom. The van der Waals surface area contributed by atoms with Crippen molar-refractivity contribution in [1.29, 1.82) is 0 Å². The van der Waals surface area contributed by atoms with E-state index in [4.69, 9.17) is 9.52 Å². The molecule has 5 aromatic rings. The third kappa shape index (κ3) is 6.09. The highest BCUT2D eigenvalue weighted by Crippen LogP contribution is 2.45. The molecule has 2 aliphatic rings. The Hall–Kier alpha value is -5.43. The van der Waals surface area contributed by atoms with E-state index in [1.807, 2.05) is 82.8 Å². The highest BCUT2D eigenvalue weighted by molar-refractivity contribution is 6.09. The van der Waals surface area contributed by atoms with Gasteiger partial charge in [-0.25, -0.2) is 9.99 Å². The van der Waals surface area contributed by atoms with Gasteiger partial charge in [-0.05, 0) is 90.6 Å². The SMILES string of the molecule is CN(C)c1ccc(/C=C2\CCC[C@H]3C2=NN(C(=O)c2ccc(-c4ncc(-c5ccccc5)o4)cc2)[C@H]3c2ccc(N(C)C)cc2)cc1. The van der Waals surface area contributed by atoms with Crippen molar-refractivity contribution in [2.45, 2.75) is 25.3 Å². The van der Waals surface area contributed by atoms with Crippen molar-refractivity contribution in [3.8, 4) is 22.8 Å². The summed E-state index contributed by atoms with van der Waals surface area (Å²) in [6.07, 6.45) is 6.95. The molecule has 7 nitrogen and oxygen atoms in total. The van der Waals surface area contributed by atoms with Crippen LogP contribution in [0.2, 0.25) is 0 Å². The van der Waals surface area contributed by atoms with Crippen LogP contribution in [-0.4, -0.2) is 49.8 Å². The van der Waals surface area contributed by atoms with Crippen LogP contribution in [0.5, 0.6) is 0 Å². The number of hydrogen-bond donors (Lipinski definition) is 0. The quantitative estimate of drug-likeness (QED) is 0.182. The lowest BCUT2D eigenvalue weighted by molar-refractivity contribution is 0.0681. The van der Waals surface area contributed by atoms with Gasteiger partial charge in [-0.3, -0.25) is 4.79 Å². The molecule has 2 atom stereocenters. The Labute approximate surface area is 276 Å². The lowest BCUT2D eigenvalue weighted by atomic mass is 9.77. The van der Waals surface area contributed by atoms with Crippen LogP contribution in [0.3, 0.4) is 0 Å². The Morgan fingerprint density at radius 1 is 0.809 bits per heavy atom. The molecule has 0 spiro atoms. The number of hydrogen-bond acceptors (Lipinski definition) is 6. The number of fused-ring (bicyclic) bond motifs is 1. The number of nitrogens with zero attached hydrogens (tertiary/aromatic N) is 5. The van der Waals surface area contributed by atoms with E-state index >= 15 is 0 Å². The first-order valence-electron chi connectivity index (χ1n) is 16.1. The van der Waals surface area contributed by atoms with Gasteiger partial charge < -0.3 is 14.2 Å². The number of hydrazone groups is 1. The second kappa shape index (κ2) is 12.8. The van der Waals surface area contributed by atoms with E-state index in [0.717, 1.165) is 58.6 Å². The van der Waals surface area contributed by atoms with Crippen molar-refractivity contribution < 1.29 is 9.21 Å². The minimum absolute atomic E-state index is 0.118. The van der Waals surface area contributed by atoms with Crippen LogP contribution in [0, 0.1) is 5.92 Å². The minimum Gasteiger partial charge on any atom is -0.436 e. The fraction of sp³-hybridized carbons (Fsp3) is 0.225. The summed E-state index contributed by atoms with van der Waals surface area (Å²) < 4.78 is 6.06. The molecule has 0 radical (unpaired) electrons. The molecule has 7 rings (SSSR count). The number of carbonyl (C=O) groups excluding carboxylic acids is 1. The molecule has 236 valence electrons. The van der Waals surface area contributed by atoms with E-state index in [9.17, 15) is 4.79 Å². The largest absolute Gasteiger partial charge is 0.436 e. The van der Waals surface area contributed by atoms with E-state index in [1.54, 1.807) is 11.2 Å². The van der Waals surface area contributed by atoms with Crippen molar-refractivity contribution in [3.05, 3.63) is 132 Å². The molecule has 1 aliphatic heterocycles. The first-order chi connectivity index (χ1) is 22.9. The molecule has 1 aliphatic carbocycles. The molecule has 7 heteroatoms. The predicted octanol–water partition coefficient (Wildman–Crippen LogP) is 8.58. The summed E-state index contributed by atoms with van der Waals surface area (Å²) in [5.74, 6) is 1.22. The van der Waals surface area contributed by atoms with Crippen LogP contribution in [0.15, 0.2) is 124 Å². The van der Waals surface area contributed by atoms with Crippen LogP contribution in [0.1, 0.15) is 46.8 Å². The van der Waals surface area contributed by atoms with Gasteiger partial charge in [0.25, 0.3) is 5.91 Å². The molecule has 0 unspecified atom stereocenters. The van der Waals surface area contributed by atoms with Crippen molar-refractivity contribution in [2.75, 3.05) is 38.0 Å². The maximum absolute atomic E-state index is 14.3. The van der Waals surface area contributed by atoms with E-state index in [0.29, 0.717) is 17.2 Å². The third-order valence-electron chi connectivity index (χ3n) is 9.15. The average Bonchev–Trinajstić information content (AvgIpc) is 3.75. The van der Waals surface area contributed by atoms with E-state index in [2.05, 4.69) is 69.4 Å². The molecule has 47 heavy (non-hydrogen) atoms. The van der Waals surface area contributed by atoms with Crippen LogP contribution in [0.4, 0.5) is 11.4 Å². The fourth-order valence-corrected chi connectivity index (χ4v) is 6.57. The highest BCUT2D eigenvalue weighted by atomic mass is 16.4. The van der Waals surface area contributed by atoms with Crippen LogP contribution in [-0.2, 0) is 0 Å². The molecular weight excluding hydrogens is 582 g/mol. The van der Waals surface area contributed by atoms with Crippen molar-refractivity contribution >= 4 is 29.1 Å². The number of aromatic nitrogens is 1. The summed E-state index contributed by atoms with van der Waals surface area (Å²) in [6, 6.07) is 34.3. The first-order valence-corrected chi connectivity index (χ1v) is 16.1. The van der Waals surface area contributed by atoms with E-state index in [-0.39, 0.29) is 17.9 Å². The number of benzene rings is 4. The van der Waals surface area contributed by atoms with Crippen LogP contribution in [0.25, 0.3) is 28.9 Å². The molecule has 1 aromatic heterocycles. The Balaban J connectivity index is 1.21. The lowest BCUT2D eigenvalue weighted by Crippen LogP contribution is -2.32. The van der Waals surface area contributed by atoms with Crippen molar-refractivity contribution in [3.63, 3.8) is 0 Å². The van der Waals surface area contributed by atoms with Gasteiger partial charge >= 0.3 is 0 Å². The lowest BCUT2D eigenvalue weighted by Gasteiger charge is -2.30. The summed E-state index contributed by atoms with van der Waals surface area (Å²) in [5.41, 5.74) is 9.10. The van der Waals surface area contributed by atoms with E-state index < -0.39 is 0 Å². The number of carbonyl (C=O) groups is 1. The fourth-order valence-electron chi connectivity index (χ4n) is 6.57. The summed E-state index contributed by atoms with van der Waals surface area (Å²) >= 11 is 0. The summed E-state index contributed by atoms with van der Waals surface area (Å²) in [6.45, 7) is 0. The molecule has 4 aromatic carbocycles. The maximum Gasteiger partial charge on any atom is 0.274 e. The molecule has 0 saturated heterocycles. The summed E-state index contributed by atoms with van der Waals surface area (Å²) in [4.78, 5) is 23.0. The smallest absolute Gasteiger partial charge is 0.274 e. The first kappa shape index (κ1) is 30.2. The minimum atomic E-state index is -0.187. The summed E-state index contributed by atoms with van der Waals surface area (Å²) in [5, 5.41) is 6.85. The molecular formula is C40H39N5O2. The van der Waals surface area contributed by atoms with Gasteiger partial charge in [0.1, 0.15) is 0 Å². The number of amides is 1. The standard InChI is InChI=1S/C40H39N5O2/c1-43(2)33-21-13-27(14-22-33)25-32-11-8-12-35-37(32)42-45(38(35)29-19-23-34(24-20-29)44(3)4)40(46)31-17-15-30(16-18-31)39-41-26-36(47-39)28-9-6-5-7-10-28/h5-7,9-10,13-26,35,38H,8,11-12H2,1-4H3/b32-25+/t35-,38-/m0/s1. The molecule has 1 fully saturated rings. The number of anilines is 2. The molecule has 0 bridgehead atoms. The number of oxazole rings is 1. The second-order valence-electron chi connectivity index (χ2n) is 12.7. The van der Waals surface area contributed by atoms with Gasteiger partial charge in [-0.15, -0.1) is 0 Å². The highest BCUT2D eigenvalue weighted by Gasteiger charge is 2.44. The Morgan fingerprint density at radius 2 is 1.47 bits per heavy atom. The Bertz CT molecular complexity index is 1920. The molecule has 2 heterocycles. The van der Waals surface area contributed by atoms with Crippen molar-refractivity contribution in [2.24, 2.45) is 11.0 Å². The van der Waals surface area contributed by atoms with Crippen molar-refractivity contribution in [1.82, 2.24) is 9.99 Å². The van der Waals surface area contributed by atoms with E-state index in [1.165, 1.54) is 5.57 Å². The van der Waals surface area contributed by atoms with Gasteiger partial charge in [-0.1, -0.05) is 54.6 Å². The Kier molecular flexibility index (Phi) is 8.21. The molecule has 1 saturated carbocycles.